The van der Waals surface area contributed by atoms with Gasteiger partial charge in [-0.2, -0.15) is 0 Å². The second-order valence-corrected chi connectivity index (χ2v) is 4.08. The van der Waals surface area contributed by atoms with E-state index in [1.165, 1.54) is 0 Å². The maximum atomic E-state index is 8.91. The normalized spacial score (nSPS) is 29.4. The van der Waals surface area contributed by atoms with Crippen LogP contribution in [0.2, 0.25) is 0 Å². The molecule has 1 fully saturated rings. The minimum absolute atomic E-state index is 0.224. The molecule has 14 heavy (non-hydrogen) atoms. The van der Waals surface area contributed by atoms with E-state index in [1.54, 1.807) is 0 Å². The number of piperidine rings is 1. The van der Waals surface area contributed by atoms with Crippen LogP contribution in [-0.4, -0.2) is 61.1 Å². The van der Waals surface area contributed by atoms with Crippen LogP contribution in [0.25, 0.3) is 0 Å². The molecule has 4 nitrogen and oxygen atoms in total. The summed E-state index contributed by atoms with van der Waals surface area (Å²) in [6, 6.07) is 0.506. The van der Waals surface area contributed by atoms with E-state index in [1.807, 2.05) is 7.05 Å². The lowest BCUT2D eigenvalue weighted by molar-refractivity contribution is 0.104. The Kier molecular flexibility index (Phi) is 5.40. The highest BCUT2D eigenvalue weighted by Gasteiger charge is 2.25. The van der Waals surface area contributed by atoms with Crippen LogP contribution in [0.15, 0.2) is 0 Å². The van der Waals surface area contributed by atoms with E-state index in [0.29, 0.717) is 12.0 Å². The van der Waals surface area contributed by atoms with Crippen LogP contribution in [0.1, 0.15) is 12.8 Å². The van der Waals surface area contributed by atoms with Gasteiger partial charge in [-0.15, -0.1) is 0 Å². The summed E-state index contributed by atoms with van der Waals surface area (Å²) in [5, 5.41) is 21.1. The molecule has 0 amide bonds. The van der Waals surface area contributed by atoms with Crippen LogP contribution in [-0.2, 0) is 0 Å². The minimum Gasteiger partial charge on any atom is -0.396 e. The Morgan fingerprint density at radius 3 is 2.64 bits per heavy atom. The number of β-amino-alcohol motifs (C(OH)–C–C–N with tert-alkyl or cyclic N) is 1. The average Bonchev–Trinajstić information content (AvgIpc) is 2.18. The molecule has 0 bridgehead atoms. The second kappa shape index (κ2) is 6.35. The van der Waals surface area contributed by atoms with Gasteiger partial charge in [-0.3, -0.25) is 4.90 Å². The maximum absolute atomic E-state index is 8.91. The number of likely N-dealkylation sites (N-methyl/N-ethyl adjacent to an activating group) is 1. The molecule has 0 aliphatic carbocycles. The van der Waals surface area contributed by atoms with E-state index in [0.717, 1.165) is 32.5 Å². The number of hydrogen-bond donors (Lipinski definition) is 3. The first-order chi connectivity index (χ1) is 6.80. The molecule has 1 saturated heterocycles. The molecule has 1 aliphatic rings. The Morgan fingerprint density at radius 2 is 2.07 bits per heavy atom. The number of nitrogens with zero attached hydrogens (tertiary/aromatic N) is 1. The summed E-state index contributed by atoms with van der Waals surface area (Å²) < 4.78 is 0. The topological polar surface area (TPSA) is 55.7 Å². The lowest BCUT2D eigenvalue weighted by Crippen LogP contribution is -2.49. The molecular weight excluding hydrogens is 180 g/mol. The Labute approximate surface area is 85.9 Å². The van der Waals surface area contributed by atoms with Crippen LogP contribution in [0.4, 0.5) is 0 Å². The van der Waals surface area contributed by atoms with Crippen LogP contribution < -0.4 is 5.32 Å². The van der Waals surface area contributed by atoms with Gasteiger partial charge in [0.05, 0.1) is 6.61 Å². The van der Waals surface area contributed by atoms with Gasteiger partial charge in [-0.25, -0.2) is 0 Å². The second-order valence-electron chi connectivity index (χ2n) is 4.08. The van der Waals surface area contributed by atoms with E-state index in [4.69, 9.17) is 10.2 Å². The predicted octanol–water partition coefficient (Wildman–Crippen LogP) is -0.729. The maximum Gasteiger partial charge on any atom is 0.0558 e. The highest BCUT2D eigenvalue weighted by Crippen LogP contribution is 2.19. The first-order valence-corrected chi connectivity index (χ1v) is 5.41. The standard InChI is InChI=1S/C10H22N2O2/c1-11-10-6-9(2-4-13)7-12(8-10)3-5-14/h9-11,13-14H,2-8H2,1H3. The molecule has 0 aromatic heterocycles. The Bertz CT molecular complexity index is 141. The molecule has 1 aliphatic heterocycles. The molecule has 0 aromatic carbocycles. The zero-order valence-corrected chi connectivity index (χ0v) is 8.95. The lowest BCUT2D eigenvalue weighted by Gasteiger charge is -2.37. The molecule has 0 spiro atoms. The van der Waals surface area contributed by atoms with Crippen molar-refractivity contribution in [3.8, 4) is 0 Å². The monoisotopic (exact) mass is 202 g/mol. The summed E-state index contributed by atoms with van der Waals surface area (Å²) in [6.45, 7) is 3.27. The van der Waals surface area contributed by atoms with Crippen molar-refractivity contribution in [1.29, 1.82) is 0 Å². The Balaban J connectivity index is 2.39. The summed E-state index contributed by atoms with van der Waals surface area (Å²) in [7, 11) is 1.98. The van der Waals surface area contributed by atoms with Crippen molar-refractivity contribution in [1.82, 2.24) is 10.2 Å². The van der Waals surface area contributed by atoms with Gasteiger partial charge in [0.2, 0.25) is 0 Å². The molecule has 0 radical (unpaired) electrons. The summed E-state index contributed by atoms with van der Waals surface area (Å²) in [4.78, 5) is 2.27. The first-order valence-electron chi connectivity index (χ1n) is 5.41. The van der Waals surface area contributed by atoms with E-state index in [9.17, 15) is 0 Å². The number of aliphatic hydroxyl groups excluding tert-OH is 2. The van der Waals surface area contributed by atoms with E-state index in [-0.39, 0.29) is 13.2 Å². The number of hydrogen-bond acceptors (Lipinski definition) is 4. The molecule has 2 atom stereocenters. The highest BCUT2D eigenvalue weighted by molar-refractivity contribution is 4.82. The summed E-state index contributed by atoms with van der Waals surface area (Å²) in [6.07, 6.45) is 2.01. The van der Waals surface area contributed by atoms with Gasteiger partial charge < -0.3 is 15.5 Å². The van der Waals surface area contributed by atoms with Crippen LogP contribution in [0.3, 0.4) is 0 Å². The van der Waals surface area contributed by atoms with Crippen molar-refractivity contribution in [2.75, 3.05) is 39.9 Å². The van der Waals surface area contributed by atoms with Crippen molar-refractivity contribution < 1.29 is 10.2 Å². The Hall–Kier alpha value is -0.160. The van der Waals surface area contributed by atoms with Crippen LogP contribution >= 0.6 is 0 Å². The summed E-state index contributed by atoms with van der Waals surface area (Å²) in [5.74, 6) is 0.567. The summed E-state index contributed by atoms with van der Waals surface area (Å²) >= 11 is 0. The van der Waals surface area contributed by atoms with Gasteiger partial charge in [0.25, 0.3) is 0 Å². The SMILES string of the molecule is CNC1CC(CCO)CN(CCO)C1. The first kappa shape index (κ1) is 11.9. The molecule has 0 saturated carbocycles. The lowest BCUT2D eigenvalue weighted by atomic mass is 9.92. The molecule has 4 heteroatoms. The molecule has 1 heterocycles. The van der Waals surface area contributed by atoms with Gasteiger partial charge in [-0.05, 0) is 25.8 Å². The van der Waals surface area contributed by atoms with Crippen molar-refractivity contribution in [2.24, 2.45) is 5.92 Å². The van der Waals surface area contributed by atoms with E-state index < -0.39 is 0 Å². The van der Waals surface area contributed by atoms with Gasteiger partial charge in [0.15, 0.2) is 0 Å². The molecule has 3 N–H and O–H groups in total. The number of likely N-dealkylation sites (tertiary alicyclic amines) is 1. The number of rotatable bonds is 5. The van der Waals surface area contributed by atoms with Gasteiger partial charge >= 0.3 is 0 Å². The fourth-order valence-electron chi connectivity index (χ4n) is 2.23. The molecule has 84 valence electrons. The van der Waals surface area contributed by atoms with E-state index >= 15 is 0 Å². The fraction of sp³-hybridized carbons (Fsp3) is 1.00. The summed E-state index contributed by atoms with van der Waals surface area (Å²) in [5.41, 5.74) is 0. The molecular formula is C10H22N2O2. The molecule has 1 rings (SSSR count). The highest BCUT2D eigenvalue weighted by atomic mass is 16.3. The van der Waals surface area contributed by atoms with Crippen LogP contribution in [0.5, 0.6) is 0 Å². The minimum atomic E-state index is 0.224. The predicted molar refractivity (Wildman–Crippen MR) is 56.2 cm³/mol. The molecule has 0 aromatic rings. The van der Waals surface area contributed by atoms with Crippen molar-refractivity contribution in [2.45, 2.75) is 18.9 Å². The number of aliphatic hydroxyl groups is 2. The van der Waals surface area contributed by atoms with Gasteiger partial charge in [-0.1, -0.05) is 0 Å². The number of nitrogens with one attached hydrogen (secondary N) is 1. The van der Waals surface area contributed by atoms with Crippen molar-refractivity contribution in [3.63, 3.8) is 0 Å². The van der Waals surface area contributed by atoms with Gasteiger partial charge in [0, 0.05) is 32.3 Å². The largest absolute Gasteiger partial charge is 0.396 e. The quantitative estimate of drug-likeness (QED) is 0.550. The third-order valence-corrected chi connectivity index (χ3v) is 2.97. The third kappa shape index (κ3) is 3.53. The van der Waals surface area contributed by atoms with Crippen LogP contribution in [0, 0.1) is 5.92 Å². The van der Waals surface area contributed by atoms with E-state index in [2.05, 4.69) is 10.2 Å². The zero-order chi connectivity index (χ0) is 10.4. The van der Waals surface area contributed by atoms with Crippen molar-refractivity contribution in [3.05, 3.63) is 0 Å². The zero-order valence-electron chi connectivity index (χ0n) is 8.95. The van der Waals surface area contributed by atoms with Gasteiger partial charge in [0.1, 0.15) is 0 Å². The molecule has 2 unspecified atom stereocenters. The Morgan fingerprint density at radius 1 is 1.29 bits per heavy atom. The smallest absolute Gasteiger partial charge is 0.0558 e. The third-order valence-electron chi connectivity index (χ3n) is 2.97. The van der Waals surface area contributed by atoms with Crippen molar-refractivity contribution >= 4 is 0 Å². The fourth-order valence-corrected chi connectivity index (χ4v) is 2.23. The average molecular weight is 202 g/mol.